The molecule has 3 aromatic rings. The Balaban J connectivity index is 1.69. The molecule has 2 aromatic carbocycles. The van der Waals surface area contributed by atoms with Gasteiger partial charge < -0.3 is 25.6 Å². The number of amides is 1. The van der Waals surface area contributed by atoms with Gasteiger partial charge in [0.05, 0.1) is 5.52 Å². The molecule has 0 aliphatic rings. The zero-order valence-corrected chi connectivity index (χ0v) is 22.7. The van der Waals surface area contributed by atoms with Crippen LogP contribution in [0, 0.1) is 12.3 Å². The molecule has 3 rings (SSSR count). The second-order valence-electron chi connectivity index (χ2n) is 11.2. The molecule has 0 saturated heterocycles. The number of nitrogens with two attached hydrogens (primary N) is 1. The predicted molar refractivity (Wildman–Crippen MR) is 151 cm³/mol. The Morgan fingerprint density at radius 1 is 0.946 bits per heavy atom. The summed E-state index contributed by atoms with van der Waals surface area (Å²) >= 11 is 0. The number of carbonyl (C=O) groups excluding carboxylic acids is 1. The summed E-state index contributed by atoms with van der Waals surface area (Å²) in [5.74, 6) is -0.189. The van der Waals surface area contributed by atoms with Crippen LogP contribution in [0.5, 0.6) is 5.75 Å². The van der Waals surface area contributed by atoms with Gasteiger partial charge in [0.15, 0.2) is 0 Å². The standard InChI is InChI=1S/C30H42N4O3/c1-22-6-5-7-23(20-22)12-15-33(17-14-27(31)36)18-19-34(21-30(2,3)4)16-13-24-8-10-26(35)29-25(24)9-11-28(37)32-29/h5-11,20,35H,12-19,21H2,1-4H3,(H2,31,36)(H,32,37). The average Bonchev–Trinajstić information content (AvgIpc) is 2.82. The zero-order chi connectivity index (χ0) is 27.0. The van der Waals surface area contributed by atoms with Crippen molar-refractivity contribution < 1.29 is 9.90 Å². The third kappa shape index (κ3) is 9.34. The number of fused-ring (bicyclic) bond motifs is 1. The van der Waals surface area contributed by atoms with Crippen molar-refractivity contribution in [3.63, 3.8) is 0 Å². The molecule has 200 valence electrons. The maximum atomic E-state index is 11.8. The minimum absolute atomic E-state index is 0.0849. The second-order valence-corrected chi connectivity index (χ2v) is 11.2. The van der Waals surface area contributed by atoms with Crippen molar-refractivity contribution in [3.05, 3.63) is 75.6 Å². The Morgan fingerprint density at radius 2 is 1.68 bits per heavy atom. The van der Waals surface area contributed by atoms with Gasteiger partial charge in [-0.1, -0.05) is 56.7 Å². The first-order chi connectivity index (χ1) is 17.5. The number of carbonyl (C=O) groups is 1. The number of nitrogens with one attached hydrogen (secondary N) is 1. The van der Waals surface area contributed by atoms with Crippen molar-refractivity contribution in [1.29, 1.82) is 0 Å². The molecule has 0 atom stereocenters. The van der Waals surface area contributed by atoms with Gasteiger partial charge in [-0.3, -0.25) is 9.59 Å². The van der Waals surface area contributed by atoms with E-state index in [0.29, 0.717) is 18.5 Å². The molecule has 4 N–H and O–H groups in total. The summed E-state index contributed by atoms with van der Waals surface area (Å²) < 4.78 is 0. The lowest BCUT2D eigenvalue weighted by Gasteiger charge is -2.32. The monoisotopic (exact) mass is 506 g/mol. The summed E-state index contributed by atoms with van der Waals surface area (Å²) in [6.45, 7) is 13.8. The highest BCUT2D eigenvalue weighted by atomic mass is 16.3. The number of phenolic OH excluding ortho intramolecular Hbond substituents is 1. The fourth-order valence-electron chi connectivity index (χ4n) is 4.78. The van der Waals surface area contributed by atoms with Gasteiger partial charge in [-0.05, 0) is 48.4 Å². The number of aryl methyl sites for hydroxylation is 1. The van der Waals surface area contributed by atoms with Crippen molar-refractivity contribution >= 4 is 16.8 Å². The molecule has 0 saturated carbocycles. The van der Waals surface area contributed by atoms with Crippen molar-refractivity contribution in [2.75, 3.05) is 39.3 Å². The van der Waals surface area contributed by atoms with E-state index in [1.807, 2.05) is 6.07 Å². The van der Waals surface area contributed by atoms with Crippen molar-refractivity contribution in [2.24, 2.45) is 11.1 Å². The molecule has 37 heavy (non-hydrogen) atoms. The second kappa shape index (κ2) is 12.9. The van der Waals surface area contributed by atoms with Crippen LogP contribution in [0.2, 0.25) is 0 Å². The number of aromatic amines is 1. The number of phenols is 1. The Morgan fingerprint density at radius 3 is 2.38 bits per heavy atom. The van der Waals surface area contributed by atoms with Crippen LogP contribution < -0.4 is 11.3 Å². The largest absolute Gasteiger partial charge is 0.506 e. The summed E-state index contributed by atoms with van der Waals surface area (Å²) in [6.07, 6.45) is 2.08. The minimum atomic E-state index is -0.274. The highest BCUT2D eigenvalue weighted by molar-refractivity contribution is 5.87. The van der Waals surface area contributed by atoms with Crippen molar-refractivity contribution in [2.45, 2.75) is 47.0 Å². The summed E-state index contributed by atoms with van der Waals surface area (Å²) in [5, 5.41) is 11.1. The lowest BCUT2D eigenvalue weighted by Crippen LogP contribution is -2.41. The number of rotatable bonds is 13. The van der Waals surface area contributed by atoms with Gasteiger partial charge in [0.2, 0.25) is 11.5 Å². The molecule has 0 aliphatic carbocycles. The number of benzene rings is 2. The third-order valence-corrected chi connectivity index (χ3v) is 6.56. The lowest BCUT2D eigenvalue weighted by atomic mass is 9.95. The lowest BCUT2D eigenvalue weighted by molar-refractivity contribution is -0.118. The number of hydrogen-bond acceptors (Lipinski definition) is 5. The normalized spacial score (nSPS) is 12.1. The smallest absolute Gasteiger partial charge is 0.248 e. The van der Waals surface area contributed by atoms with Crippen LogP contribution >= 0.6 is 0 Å². The highest BCUT2D eigenvalue weighted by Crippen LogP contribution is 2.25. The number of hydrogen-bond donors (Lipinski definition) is 3. The Hall–Kier alpha value is -3.16. The summed E-state index contributed by atoms with van der Waals surface area (Å²) in [4.78, 5) is 30.8. The van der Waals surface area contributed by atoms with E-state index in [1.165, 1.54) is 17.2 Å². The van der Waals surface area contributed by atoms with Gasteiger partial charge in [-0.25, -0.2) is 0 Å². The maximum absolute atomic E-state index is 11.8. The number of aromatic nitrogens is 1. The first kappa shape index (κ1) is 28.4. The van der Waals surface area contributed by atoms with Gasteiger partial charge in [-0.2, -0.15) is 0 Å². The van der Waals surface area contributed by atoms with Crippen LogP contribution in [0.4, 0.5) is 0 Å². The summed E-state index contributed by atoms with van der Waals surface area (Å²) in [6, 6.07) is 15.4. The van der Waals surface area contributed by atoms with Crippen LogP contribution in [0.25, 0.3) is 10.9 Å². The van der Waals surface area contributed by atoms with Gasteiger partial charge in [0.25, 0.3) is 0 Å². The van der Waals surface area contributed by atoms with Gasteiger partial charge in [0, 0.05) is 57.1 Å². The number of pyridine rings is 1. The molecular weight excluding hydrogens is 464 g/mol. The van der Waals surface area contributed by atoms with Gasteiger partial charge >= 0.3 is 0 Å². The molecule has 0 aliphatic heterocycles. The van der Waals surface area contributed by atoms with E-state index < -0.39 is 0 Å². The third-order valence-electron chi connectivity index (χ3n) is 6.56. The van der Waals surface area contributed by atoms with Crippen LogP contribution in [0.15, 0.2) is 53.3 Å². The Labute approximate surface area is 220 Å². The van der Waals surface area contributed by atoms with Crippen LogP contribution in [-0.2, 0) is 17.6 Å². The molecule has 1 heterocycles. The molecule has 1 aromatic heterocycles. The maximum Gasteiger partial charge on any atom is 0.248 e. The molecule has 0 unspecified atom stereocenters. The zero-order valence-electron chi connectivity index (χ0n) is 22.7. The van der Waals surface area contributed by atoms with E-state index >= 15 is 0 Å². The fourth-order valence-corrected chi connectivity index (χ4v) is 4.78. The van der Waals surface area contributed by atoms with E-state index in [4.69, 9.17) is 5.73 Å². The Kier molecular flexibility index (Phi) is 9.89. The summed E-state index contributed by atoms with van der Waals surface area (Å²) in [7, 11) is 0. The molecule has 0 radical (unpaired) electrons. The first-order valence-corrected chi connectivity index (χ1v) is 13.1. The topological polar surface area (TPSA) is 103 Å². The molecule has 1 amide bonds. The molecular formula is C30H42N4O3. The Bertz CT molecular complexity index is 1250. The quantitative estimate of drug-likeness (QED) is 0.327. The van der Waals surface area contributed by atoms with E-state index in [0.717, 1.165) is 56.5 Å². The van der Waals surface area contributed by atoms with Crippen molar-refractivity contribution in [3.8, 4) is 5.75 Å². The van der Waals surface area contributed by atoms with Gasteiger partial charge in [-0.15, -0.1) is 0 Å². The average molecular weight is 507 g/mol. The fraction of sp³-hybridized carbons (Fsp3) is 0.467. The van der Waals surface area contributed by atoms with E-state index in [2.05, 4.69) is 66.7 Å². The first-order valence-electron chi connectivity index (χ1n) is 13.1. The van der Waals surface area contributed by atoms with E-state index in [1.54, 1.807) is 12.1 Å². The van der Waals surface area contributed by atoms with Crippen molar-refractivity contribution in [1.82, 2.24) is 14.8 Å². The van der Waals surface area contributed by atoms with Crippen LogP contribution in [-0.4, -0.2) is 65.1 Å². The summed E-state index contributed by atoms with van der Waals surface area (Å²) in [5.41, 5.74) is 9.50. The number of nitrogens with zero attached hydrogens (tertiary/aromatic N) is 2. The predicted octanol–water partition coefficient (Wildman–Crippen LogP) is 3.85. The van der Waals surface area contributed by atoms with Crippen LogP contribution in [0.3, 0.4) is 0 Å². The molecule has 0 fully saturated rings. The van der Waals surface area contributed by atoms with E-state index in [-0.39, 0.29) is 22.6 Å². The SMILES string of the molecule is Cc1cccc(CCN(CCC(N)=O)CCN(CCc2ccc(O)c3[nH]c(=O)ccc23)CC(C)(C)C)c1. The number of H-pyrrole nitrogens is 1. The number of primary amides is 1. The van der Waals surface area contributed by atoms with Gasteiger partial charge in [0.1, 0.15) is 5.75 Å². The molecule has 7 heteroatoms. The molecule has 0 spiro atoms. The van der Waals surface area contributed by atoms with Crippen LogP contribution in [0.1, 0.15) is 43.9 Å². The van der Waals surface area contributed by atoms with E-state index in [9.17, 15) is 14.7 Å². The molecule has 7 nitrogen and oxygen atoms in total. The highest BCUT2D eigenvalue weighted by Gasteiger charge is 2.18. The molecule has 0 bridgehead atoms. The minimum Gasteiger partial charge on any atom is -0.506 e. The number of aromatic hydroxyl groups is 1.